The first-order valence-electron chi connectivity index (χ1n) is 5.98. The Labute approximate surface area is 109 Å². The van der Waals surface area contributed by atoms with E-state index < -0.39 is 12.2 Å². The van der Waals surface area contributed by atoms with Crippen molar-refractivity contribution in [1.82, 2.24) is 20.3 Å². The lowest BCUT2D eigenvalue weighted by molar-refractivity contribution is -0.119. The van der Waals surface area contributed by atoms with Gasteiger partial charge in [-0.2, -0.15) is 0 Å². The van der Waals surface area contributed by atoms with Crippen LogP contribution in [-0.2, 0) is 4.79 Å². The summed E-state index contributed by atoms with van der Waals surface area (Å²) in [5.74, 6) is -0.171. The van der Waals surface area contributed by atoms with E-state index in [0.717, 1.165) is 0 Å². The predicted molar refractivity (Wildman–Crippen MR) is 68.2 cm³/mol. The molecule has 0 saturated carbocycles. The predicted octanol–water partition coefficient (Wildman–Crippen LogP) is -0.122. The second kappa shape index (κ2) is 5.77. The van der Waals surface area contributed by atoms with Crippen molar-refractivity contribution in [3.8, 4) is 0 Å². The van der Waals surface area contributed by atoms with Crippen molar-refractivity contribution in [2.24, 2.45) is 0 Å². The lowest BCUT2D eigenvalue weighted by Crippen LogP contribution is -2.28. The molecule has 0 radical (unpaired) electrons. The largest absolute Gasteiger partial charge is 0.390 e. The van der Waals surface area contributed by atoms with Gasteiger partial charge >= 0.3 is 0 Å². The average Bonchev–Trinajstić information content (AvgIpc) is 2.84. The molecule has 2 unspecified atom stereocenters. The van der Waals surface area contributed by atoms with Crippen LogP contribution in [0.3, 0.4) is 0 Å². The molecule has 2 aromatic rings. The molecule has 19 heavy (non-hydrogen) atoms. The number of aliphatic hydroxyl groups is 2. The highest BCUT2D eigenvalue weighted by molar-refractivity contribution is 5.72. The molecule has 0 spiro atoms. The number of nitrogens with one attached hydrogen (secondary N) is 2. The number of fused-ring (bicyclic) bond motifs is 1. The summed E-state index contributed by atoms with van der Waals surface area (Å²) in [6.45, 7) is 1.70. The average molecular weight is 264 g/mol. The van der Waals surface area contributed by atoms with E-state index in [-0.39, 0.29) is 12.3 Å². The molecule has 2 rings (SSSR count). The summed E-state index contributed by atoms with van der Waals surface area (Å²) in [6.07, 6.45) is 1.24. The van der Waals surface area contributed by atoms with Crippen molar-refractivity contribution >= 4 is 17.1 Å². The van der Waals surface area contributed by atoms with Gasteiger partial charge < -0.3 is 20.5 Å². The number of carbonyl (C=O) groups excluding carboxylic acids is 1. The normalized spacial score (nSPS) is 14.3. The minimum atomic E-state index is -1.12. The number of aliphatic hydroxyl groups excluding tert-OH is 2. The maximum absolute atomic E-state index is 10.7. The fourth-order valence-corrected chi connectivity index (χ4v) is 1.74. The molecule has 0 aliphatic carbocycles. The van der Waals surface area contributed by atoms with E-state index in [1.54, 1.807) is 12.3 Å². The molecule has 0 aliphatic rings. The van der Waals surface area contributed by atoms with E-state index in [1.807, 2.05) is 0 Å². The molecule has 2 aromatic heterocycles. The minimum Gasteiger partial charge on any atom is -0.390 e. The summed E-state index contributed by atoms with van der Waals surface area (Å²) in [6, 6.07) is 1.74. The Morgan fingerprint density at radius 3 is 3.05 bits per heavy atom. The molecule has 0 aromatic carbocycles. The highest BCUT2D eigenvalue weighted by Crippen LogP contribution is 2.18. The number of aromatic nitrogens is 3. The van der Waals surface area contributed by atoms with E-state index in [0.29, 0.717) is 23.4 Å². The lowest BCUT2D eigenvalue weighted by Gasteiger charge is -2.17. The van der Waals surface area contributed by atoms with Gasteiger partial charge in [-0.3, -0.25) is 4.79 Å². The number of hydrogen-bond donors (Lipinski definition) is 4. The van der Waals surface area contributed by atoms with Gasteiger partial charge in [0, 0.05) is 19.7 Å². The van der Waals surface area contributed by atoms with Crippen LogP contribution in [-0.4, -0.2) is 43.7 Å². The first kappa shape index (κ1) is 13.4. The Kier molecular flexibility index (Phi) is 4.08. The molecule has 0 saturated heterocycles. The zero-order chi connectivity index (χ0) is 13.8. The van der Waals surface area contributed by atoms with Gasteiger partial charge in [0.2, 0.25) is 5.91 Å². The number of amides is 1. The van der Waals surface area contributed by atoms with Gasteiger partial charge in [-0.1, -0.05) is 0 Å². The second-order valence-corrected chi connectivity index (χ2v) is 4.29. The highest BCUT2D eigenvalue weighted by atomic mass is 16.3. The lowest BCUT2D eigenvalue weighted by atomic mass is 10.1. The third-order valence-electron chi connectivity index (χ3n) is 2.76. The first-order chi connectivity index (χ1) is 9.08. The number of hydrogen-bond acceptors (Lipinski definition) is 5. The molecule has 2 heterocycles. The number of carbonyl (C=O) groups is 1. The standard InChI is InChI=1S/C12H16N4O3/c1-7(17)13-5-3-10(18)11(19)9-6-15-12-8(16-9)2-4-14-12/h2,4,6,10-11,18-19H,3,5H2,1H3,(H,13,17)(H,14,15). The fourth-order valence-electron chi connectivity index (χ4n) is 1.74. The van der Waals surface area contributed by atoms with Crippen LogP contribution < -0.4 is 5.32 Å². The number of H-pyrrole nitrogens is 1. The number of nitrogens with zero attached hydrogens (tertiary/aromatic N) is 2. The Balaban J connectivity index is 2.01. The Morgan fingerprint density at radius 2 is 2.32 bits per heavy atom. The zero-order valence-electron chi connectivity index (χ0n) is 10.5. The third-order valence-corrected chi connectivity index (χ3v) is 2.76. The molecule has 0 fully saturated rings. The van der Waals surface area contributed by atoms with Crippen molar-refractivity contribution in [2.45, 2.75) is 25.6 Å². The summed E-state index contributed by atoms with van der Waals surface area (Å²) >= 11 is 0. The SMILES string of the molecule is CC(=O)NCCC(O)C(O)c1cnc2[nH]ccc2n1. The van der Waals surface area contributed by atoms with Gasteiger partial charge in [-0.25, -0.2) is 9.97 Å². The number of rotatable bonds is 5. The van der Waals surface area contributed by atoms with Crippen molar-refractivity contribution in [2.75, 3.05) is 6.54 Å². The van der Waals surface area contributed by atoms with Crippen LogP contribution in [0.2, 0.25) is 0 Å². The second-order valence-electron chi connectivity index (χ2n) is 4.29. The zero-order valence-corrected chi connectivity index (χ0v) is 10.5. The van der Waals surface area contributed by atoms with Gasteiger partial charge in [0.1, 0.15) is 11.6 Å². The maximum Gasteiger partial charge on any atom is 0.216 e. The molecule has 4 N–H and O–H groups in total. The van der Waals surface area contributed by atoms with E-state index in [4.69, 9.17) is 0 Å². The summed E-state index contributed by atoms with van der Waals surface area (Å²) < 4.78 is 0. The summed E-state index contributed by atoms with van der Waals surface area (Å²) in [7, 11) is 0. The van der Waals surface area contributed by atoms with Gasteiger partial charge in [0.15, 0.2) is 5.65 Å². The van der Waals surface area contributed by atoms with Gasteiger partial charge in [-0.05, 0) is 12.5 Å². The van der Waals surface area contributed by atoms with Gasteiger partial charge in [0.25, 0.3) is 0 Å². The Bertz CT molecular complexity index is 569. The van der Waals surface area contributed by atoms with Crippen molar-refractivity contribution < 1.29 is 15.0 Å². The molecular weight excluding hydrogens is 248 g/mol. The summed E-state index contributed by atoms with van der Waals surface area (Å²) in [5, 5.41) is 22.4. The van der Waals surface area contributed by atoms with Crippen molar-refractivity contribution in [3.05, 3.63) is 24.2 Å². The Morgan fingerprint density at radius 1 is 1.53 bits per heavy atom. The van der Waals surface area contributed by atoms with Crippen LogP contribution in [0.15, 0.2) is 18.5 Å². The quantitative estimate of drug-likeness (QED) is 0.601. The summed E-state index contributed by atoms with van der Waals surface area (Å²) in [4.78, 5) is 21.9. The molecule has 0 aliphatic heterocycles. The topological polar surface area (TPSA) is 111 Å². The van der Waals surface area contributed by atoms with Crippen molar-refractivity contribution in [1.29, 1.82) is 0 Å². The maximum atomic E-state index is 10.7. The molecular formula is C12H16N4O3. The monoisotopic (exact) mass is 264 g/mol. The molecule has 102 valence electrons. The molecule has 7 heteroatoms. The molecule has 7 nitrogen and oxygen atoms in total. The van der Waals surface area contributed by atoms with Gasteiger partial charge in [0.05, 0.1) is 18.0 Å². The fraction of sp³-hybridized carbons (Fsp3) is 0.417. The molecule has 1 amide bonds. The molecule has 0 bridgehead atoms. The molecule has 2 atom stereocenters. The van der Waals surface area contributed by atoms with Crippen LogP contribution in [0.4, 0.5) is 0 Å². The first-order valence-corrected chi connectivity index (χ1v) is 5.98. The van der Waals surface area contributed by atoms with Crippen LogP contribution in [0.5, 0.6) is 0 Å². The van der Waals surface area contributed by atoms with Crippen LogP contribution in [0.25, 0.3) is 11.2 Å². The smallest absolute Gasteiger partial charge is 0.216 e. The highest BCUT2D eigenvalue weighted by Gasteiger charge is 2.20. The third kappa shape index (κ3) is 3.27. The Hall–Kier alpha value is -1.99. The van der Waals surface area contributed by atoms with Crippen molar-refractivity contribution in [3.63, 3.8) is 0 Å². The minimum absolute atomic E-state index is 0.171. The number of aromatic amines is 1. The van der Waals surface area contributed by atoms with E-state index in [1.165, 1.54) is 13.1 Å². The van der Waals surface area contributed by atoms with E-state index >= 15 is 0 Å². The van der Waals surface area contributed by atoms with Crippen LogP contribution in [0.1, 0.15) is 25.1 Å². The van der Waals surface area contributed by atoms with Crippen LogP contribution >= 0.6 is 0 Å². The van der Waals surface area contributed by atoms with Crippen LogP contribution in [0, 0.1) is 0 Å². The summed E-state index contributed by atoms with van der Waals surface area (Å²) in [5.41, 5.74) is 1.57. The van der Waals surface area contributed by atoms with E-state index in [2.05, 4.69) is 20.3 Å². The van der Waals surface area contributed by atoms with Gasteiger partial charge in [-0.15, -0.1) is 0 Å². The van der Waals surface area contributed by atoms with E-state index in [9.17, 15) is 15.0 Å².